The smallest absolute Gasteiger partial charge is 0.328 e. The molecular weight excluding hydrogens is 440 g/mol. The van der Waals surface area contributed by atoms with Gasteiger partial charge in [0, 0.05) is 14.1 Å². The van der Waals surface area contributed by atoms with Crippen molar-refractivity contribution < 1.29 is 19.4 Å². The molecule has 8 nitrogen and oxygen atoms in total. The third kappa shape index (κ3) is 3.56. The molecule has 2 aliphatic heterocycles. The van der Waals surface area contributed by atoms with Crippen LogP contribution in [0.25, 0.3) is 10.8 Å². The van der Waals surface area contributed by atoms with Crippen LogP contribution in [0.15, 0.2) is 47.5 Å². The van der Waals surface area contributed by atoms with Gasteiger partial charge in [-0.1, -0.05) is 30.3 Å². The van der Waals surface area contributed by atoms with E-state index in [1.165, 1.54) is 11.9 Å². The van der Waals surface area contributed by atoms with E-state index in [0.717, 1.165) is 15.7 Å². The molecule has 152 valence electrons. The number of likely N-dealkylation sites (N-methyl/N-ethyl adjacent to an activating group) is 2. The summed E-state index contributed by atoms with van der Waals surface area (Å²) in [5.74, 6) is 0.313. The Kier molecular flexibility index (Phi) is 5.18. The van der Waals surface area contributed by atoms with Gasteiger partial charge in [0.2, 0.25) is 0 Å². The van der Waals surface area contributed by atoms with E-state index in [1.807, 2.05) is 42.5 Å². The minimum Gasteiger partial charge on any atom is -0.491 e. The van der Waals surface area contributed by atoms with E-state index in [-0.39, 0.29) is 19.1 Å². The van der Waals surface area contributed by atoms with Crippen molar-refractivity contribution in [3.63, 3.8) is 0 Å². The van der Waals surface area contributed by atoms with Crippen molar-refractivity contribution in [1.29, 1.82) is 0 Å². The summed E-state index contributed by atoms with van der Waals surface area (Å²) in [6.45, 7) is 0.200. The summed E-state index contributed by atoms with van der Waals surface area (Å²) in [5.41, 5.74) is 0. The zero-order valence-electron chi connectivity index (χ0n) is 16.0. The van der Waals surface area contributed by atoms with Crippen LogP contribution in [0.3, 0.4) is 0 Å². The number of urea groups is 1. The number of aliphatic hydroxyl groups excluding tert-OH is 1. The number of carbonyl (C=O) groups is 2. The average Bonchev–Trinajstić information content (AvgIpc) is 3.05. The second kappa shape index (κ2) is 7.64. The maximum Gasteiger partial charge on any atom is 0.328 e. The van der Waals surface area contributed by atoms with Crippen molar-refractivity contribution in [3.05, 3.63) is 42.5 Å². The number of benzene rings is 2. The highest BCUT2D eigenvalue weighted by Gasteiger charge is 2.50. The molecule has 0 radical (unpaired) electrons. The minimum absolute atomic E-state index is 0.0608. The first kappa shape index (κ1) is 19.7. The molecule has 0 aliphatic carbocycles. The molecule has 2 aromatic carbocycles. The largest absolute Gasteiger partial charge is 0.491 e. The number of β-amino-alcohol motifs (C(OH)–C–C–N with tert-alkyl or cyclic N) is 1. The molecule has 1 N–H and O–H groups in total. The quantitative estimate of drug-likeness (QED) is 0.688. The van der Waals surface area contributed by atoms with E-state index in [1.54, 1.807) is 11.9 Å². The Morgan fingerprint density at radius 1 is 1.17 bits per heavy atom. The number of nitrogens with zero attached hydrogens (tertiary/aromatic N) is 4. The number of amides is 3. The fraction of sp³-hybridized carbons (Fsp3) is 0.350. The van der Waals surface area contributed by atoms with Gasteiger partial charge in [0.05, 0.1) is 6.54 Å². The highest BCUT2D eigenvalue weighted by atomic mass is 79.9. The monoisotopic (exact) mass is 460 g/mol. The van der Waals surface area contributed by atoms with Crippen LogP contribution in [0.5, 0.6) is 5.75 Å². The second-order valence-corrected chi connectivity index (χ2v) is 7.88. The highest BCUT2D eigenvalue weighted by Crippen LogP contribution is 2.29. The lowest BCUT2D eigenvalue weighted by Crippen LogP contribution is -2.64. The number of ether oxygens (including phenoxy) is 1. The van der Waals surface area contributed by atoms with Crippen LogP contribution in [0.1, 0.15) is 0 Å². The van der Waals surface area contributed by atoms with Gasteiger partial charge < -0.3 is 19.6 Å². The lowest BCUT2D eigenvalue weighted by molar-refractivity contribution is -0.136. The van der Waals surface area contributed by atoms with Crippen LogP contribution in [0.4, 0.5) is 4.79 Å². The molecule has 0 spiro atoms. The van der Waals surface area contributed by atoms with E-state index >= 15 is 0 Å². The Hall–Kier alpha value is -2.65. The van der Waals surface area contributed by atoms with E-state index in [2.05, 4.69) is 20.9 Å². The minimum atomic E-state index is -0.857. The predicted octanol–water partition coefficient (Wildman–Crippen LogP) is 1.86. The Bertz CT molecular complexity index is 997. The van der Waals surface area contributed by atoms with E-state index < -0.39 is 24.3 Å². The van der Waals surface area contributed by atoms with Gasteiger partial charge in [-0.3, -0.25) is 9.69 Å². The first-order chi connectivity index (χ1) is 13.9. The molecule has 2 heterocycles. The Morgan fingerprint density at radius 3 is 2.66 bits per heavy atom. The molecule has 0 aromatic heterocycles. The second-order valence-electron chi connectivity index (χ2n) is 7.17. The van der Waals surface area contributed by atoms with E-state index in [0.29, 0.717) is 10.5 Å². The normalized spacial score (nSPS) is 22.8. The molecule has 3 atom stereocenters. The van der Waals surface area contributed by atoms with Gasteiger partial charge in [-0.2, -0.15) is 0 Å². The lowest BCUT2D eigenvalue weighted by atomic mass is 10.1. The van der Waals surface area contributed by atoms with Crippen molar-refractivity contribution in [1.82, 2.24) is 14.7 Å². The van der Waals surface area contributed by atoms with Crippen molar-refractivity contribution >= 4 is 43.4 Å². The molecule has 29 heavy (non-hydrogen) atoms. The number of hydrogen-bond donors (Lipinski definition) is 1. The third-order valence-corrected chi connectivity index (χ3v) is 5.89. The number of aliphatic hydroxyl groups is 1. The van der Waals surface area contributed by atoms with Crippen LogP contribution in [-0.2, 0) is 4.79 Å². The van der Waals surface area contributed by atoms with Crippen LogP contribution in [0, 0.1) is 0 Å². The fourth-order valence-electron chi connectivity index (χ4n) is 3.65. The Labute approximate surface area is 176 Å². The molecule has 2 aromatic rings. The van der Waals surface area contributed by atoms with Crippen LogP contribution in [0.2, 0.25) is 0 Å². The van der Waals surface area contributed by atoms with Gasteiger partial charge in [-0.15, -0.1) is 0 Å². The summed E-state index contributed by atoms with van der Waals surface area (Å²) in [6.07, 6.45) is -1.47. The summed E-state index contributed by atoms with van der Waals surface area (Å²) >= 11 is 3.36. The van der Waals surface area contributed by atoms with Crippen LogP contribution >= 0.6 is 15.9 Å². The zero-order valence-corrected chi connectivity index (χ0v) is 17.6. The maximum absolute atomic E-state index is 12.6. The summed E-state index contributed by atoms with van der Waals surface area (Å²) in [4.78, 5) is 33.3. The van der Waals surface area contributed by atoms with Gasteiger partial charge >= 0.3 is 6.03 Å². The number of hydrogen-bond acceptors (Lipinski definition) is 6. The highest BCUT2D eigenvalue weighted by molar-refractivity contribution is 9.18. The molecule has 1 saturated heterocycles. The SMILES string of the molecule is CN1C(=O)C2C(N=C(Br)N2CC(O)COc2ccc3ccccc3c2)N(C)C1=O. The van der Waals surface area contributed by atoms with Crippen molar-refractivity contribution in [2.45, 2.75) is 18.3 Å². The Morgan fingerprint density at radius 2 is 1.90 bits per heavy atom. The molecule has 4 rings (SSSR count). The van der Waals surface area contributed by atoms with E-state index in [9.17, 15) is 14.7 Å². The molecule has 0 saturated carbocycles. The summed E-state index contributed by atoms with van der Waals surface area (Å²) in [5, 5.41) is 12.7. The number of imide groups is 1. The average molecular weight is 461 g/mol. The lowest BCUT2D eigenvalue weighted by Gasteiger charge is -2.40. The summed E-state index contributed by atoms with van der Waals surface area (Å²) < 4.78 is 6.18. The summed E-state index contributed by atoms with van der Waals surface area (Å²) in [6, 6.07) is 12.6. The third-order valence-electron chi connectivity index (χ3n) is 5.23. The molecule has 2 aliphatic rings. The molecule has 9 heteroatoms. The van der Waals surface area contributed by atoms with Crippen molar-refractivity contribution in [3.8, 4) is 5.75 Å². The number of aliphatic imine (C=N–C) groups is 1. The van der Waals surface area contributed by atoms with Crippen LogP contribution in [-0.4, -0.2) is 82.0 Å². The van der Waals surface area contributed by atoms with Crippen molar-refractivity contribution in [2.24, 2.45) is 4.99 Å². The van der Waals surface area contributed by atoms with E-state index in [4.69, 9.17) is 4.74 Å². The van der Waals surface area contributed by atoms with Crippen LogP contribution < -0.4 is 4.74 Å². The summed E-state index contributed by atoms with van der Waals surface area (Å²) in [7, 11) is 3.05. The predicted molar refractivity (Wildman–Crippen MR) is 112 cm³/mol. The van der Waals surface area contributed by atoms with Gasteiger partial charge in [0.25, 0.3) is 5.91 Å². The Balaban J connectivity index is 1.42. The number of rotatable bonds is 5. The van der Waals surface area contributed by atoms with Gasteiger partial charge in [-0.25, -0.2) is 9.79 Å². The molecule has 3 amide bonds. The van der Waals surface area contributed by atoms with Gasteiger partial charge in [-0.05, 0) is 38.8 Å². The molecule has 0 bridgehead atoms. The maximum atomic E-state index is 12.6. The number of halogens is 1. The first-order valence-electron chi connectivity index (χ1n) is 9.21. The van der Waals surface area contributed by atoms with Gasteiger partial charge in [0.15, 0.2) is 17.0 Å². The molecular formula is C20H21BrN4O4. The number of amidine groups is 1. The first-order valence-corrected chi connectivity index (χ1v) is 10.00. The number of carbonyl (C=O) groups excluding carboxylic acids is 2. The van der Waals surface area contributed by atoms with Gasteiger partial charge in [0.1, 0.15) is 18.5 Å². The fourth-order valence-corrected chi connectivity index (χ4v) is 4.22. The zero-order chi connectivity index (χ0) is 20.7. The molecule has 1 fully saturated rings. The topological polar surface area (TPSA) is 85.7 Å². The van der Waals surface area contributed by atoms with Crippen molar-refractivity contribution in [2.75, 3.05) is 27.2 Å². The number of fused-ring (bicyclic) bond motifs is 2. The standard InChI is InChI=1S/C20H21BrN4O4/c1-23-17-16(18(27)24(2)20(23)28)25(19(21)22-17)10-14(26)11-29-15-8-7-12-5-3-4-6-13(12)9-15/h3-9,14,16-17,26H,10-11H2,1-2H3. The molecule has 3 unspecified atom stereocenters.